The molecule has 0 radical (unpaired) electrons. The van der Waals surface area contributed by atoms with Gasteiger partial charge in [-0.2, -0.15) is 13.6 Å². The van der Waals surface area contributed by atoms with E-state index in [4.69, 9.17) is 18.3 Å². The Bertz CT molecular complexity index is 328. The minimum Gasteiger partial charge on any atom is -0.463 e. The Morgan fingerprint density at radius 3 is 3.29 bits per heavy atom. The second-order valence-corrected chi connectivity index (χ2v) is 4.91. The predicted molar refractivity (Wildman–Crippen MR) is 63.5 cm³/mol. The van der Waals surface area contributed by atoms with Crippen molar-refractivity contribution >= 4 is 14.6 Å². The van der Waals surface area contributed by atoms with Crippen LogP contribution < -0.4 is 0 Å². The Hall–Kier alpha value is -0.740. The quantitative estimate of drug-likeness (QED) is 0.335. The topological polar surface area (TPSA) is 54.0 Å². The summed E-state index contributed by atoms with van der Waals surface area (Å²) in [5.74, 6) is -0.348. The first kappa shape index (κ1) is 12.7. The van der Waals surface area contributed by atoms with Crippen molar-refractivity contribution in [1.29, 1.82) is 0 Å². The molecule has 2 rings (SSSR count). The second kappa shape index (κ2) is 6.26. The third-order valence-corrected chi connectivity index (χ3v) is 3.73. The third kappa shape index (κ3) is 3.89. The van der Waals surface area contributed by atoms with Crippen LogP contribution in [-0.4, -0.2) is 31.4 Å². The first-order valence-electron chi connectivity index (χ1n) is 5.62. The summed E-state index contributed by atoms with van der Waals surface area (Å²) in [4.78, 5) is 11.2. The summed E-state index contributed by atoms with van der Waals surface area (Å²) in [5.41, 5.74) is 0. The van der Waals surface area contributed by atoms with Crippen molar-refractivity contribution in [3.05, 3.63) is 24.3 Å². The van der Waals surface area contributed by atoms with Crippen LogP contribution in [0.2, 0.25) is 0 Å². The zero-order valence-electron chi connectivity index (χ0n) is 9.63. The molecule has 0 saturated carbocycles. The van der Waals surface area contributed by atoms with E-state index in [0.717, 1.165) is 0 Å². The average molecular weight is 259 g/mol. The SMILES string of the molecule is CCOC(=O)/C=C/C1C[C@@H]2C=CCO[PH+](O1)O2. The van der Waals surface area contributed by atoms with Gasteiger partial charge in [-0.05, 0) is 13.0 Å². The van der Waals surface area contributed by atoms with Gasteiger partial charge in [0.05, 0.1) is 6.61 Å². The summed E-state index contributed by atoms with van der Waals surface area (Å²) in [5, 5.41) is 0. The van der Waals surface area contributed by atoms with Gasteiger partial charge in [0.2, 0.25) is 0 Å². The Morgan fingerprint density at radius 1 is 1.59 bits per heavy atom. The van der Waals surface area contributed by atoms with E-state index in [1.54, 1.807) is 13.0 Å². The van der Waals surface area contributed by atoms with Gasteiger partial charge < -0.3 is 4.74 Å². The molecule has 94 valence electrons. The molecule has 6 heteroatoms. The van der Waals surface area contributed by atoms with Crippen LogP contribution in [0.25, 0.3) is 0 Å². The molecule has 2 aliphatic heterocycles. The third-order valence-electron chi connectivity index (χ3n) is 2.34. The van der Waals surface area contributed by atoms with Gasteiger partial charge >= 0.3 is 14.6 Å². The van der Waals surface area contributed by atoms with Gasteiger partial charge in [0.25, 0.3) is 0 Å². The fourth-order valence-electron chi connectivity index (χ4n) is 1.60. The van der Waals surface area contributed by atoms with Gasteiger partial charge in [-0.1, -0.05) is 12.2 Å². The van der Waals surface area contributed by atoms with E-state index in [1.807, 2.05) is 12.2 Å². The van der Waals surface area contributed by atoms with Crippen molar-refractivity contribution in [2.24, 2.45) is 0 Å². The molecule has 0 aliphatic carbocycles. The molecule has 1 saturated heterocycles. The van der Waals surface area contributed by atoms with Crippen LogP contribution in [0.15, 0.2) is 24.3 Å². The highest BCUT2D eigenvalue weighted by Gasteiger charge is 2.37. The van der Waals surface area contributed by atoms with Gasteiger partial charge in [0.1, 0.15) is 18.8 Å². The summed E-state index contributed by atoms with van der Waals surface area (Å²) in [6.45, 7) is 2.68. The molecule has 2 bridgehead atoms. The lowest BCUT2D eigenvalue weighted by molar-refractivity contribution is -0.137. The van der Waals surface area contributed by atoms with Crippen molar-refractivity contribution in [2.75, 3.05) is 13.2 Å². The molecule has 5 nitrogen and oxygen atoms in total. The van der Waals surface area contributed by atoms with Gasteiger partial charge in [0, 0.05) is 12.5 Å². The molecule has 2 unspecified atom stereocenters. The van der Waals surface area contributed by atoms with E-state index in [-0.39, 0.29) is 18.2 Å². The Balaban J connectivity index is 1.90. The molecule has 0 spiro atoms. The minimum absolute atomic E-state index is 0.0250. The summed E-state index contributed by atoms with van der Waals surface area (Å²) in [6.07, 6.45) is 7.60. The lowest BCUT2D eigenvalue weighted by Crippen LogP contribution is -2.23. The highest BCUT2D eigenvalue weighted by molar-refractivity contribution is 7.41. The minimum atomic E-state index is -1.66. The molecule has 17 heavy (non-hydrogen) atoms. The number of hydrogen-bond acceptors (Lipinski definition) is 5. The van der Waals surface area contributed by atoms with Crippen molar-refractivity contribution in [3.63, 3.8) is 0 Å². The van der Waals surface area contributed by atoms with Crippen molar-refractivity contribution in [3.8, 4) is 0 Å². The number of rotatable bonds is 3. The molecular formula is C11H16O5P+. The van der Waals surface area contributed by atoms with Gasteiger partial charge in [-0.15, -0.1) is 0 Å². The number of carbonyl (C=O) groups is 1. The lowest BCUT2D eigenvalue weighted by atomic mass is 10.1. The zero-order valence-corrected chi connectivity index (χ0v) is 10.6. The molecule has 0 amide bonds. The molecule has 0 aromatic rings. The van der Waals surface area contributed by atoms with Crippen LogP contribution in [0.1, 0.15) is 13.3 Å². The number of carbonyl (C=O) groups excluding carboxylic acids is 1. The first-order chi connectivity index (χ1) is 8.28. The predicted octanol–water partition coefficient (Wildman–Crippen LogP) is 1.83. The van der Waals surface area contributed by atoms with Crippen molar-refractivity contribution < 1.29 is 23.1 Å². The van der Waals surface area contributed by atoms with Crippen molar-refractivity contribution in [1.82, 2.24) is 0 Å². The average Bonchev–Trinajstić information content (AvgIpc) is 2.48. The van der Waals surface area contributed by atoms with Crippen LogP contribution in [0, 0.1) is 0 Å². The van der Waals surface area contributed by atoms with E-state index in [1.165, 1.54) is 6.08 Å². The van der Waals surface area contributed by atoms with Gasteiger partial charge in [0.15, 0.2) is 0 Å². The standard InChI is InChI=1S/C11H16O5P/c1-2-13-11(12)6-5-10-8-9-4-3-7-14-17(15-9)16-10/h3-6,9-10,17H,2,7-8H2,1H3/q+1/b6-5+/t9-,10?/m0/s1. The van der Waals surface area contributed by atoms with E-state index in [9.17, 15) is 4.79 Å². The molecule has 0 N–H and O–H groups in total. The number of fused-ring (bicyclic) bond motifs is 2. The molecule has 1 fully saturated rings. The maximum Gasteiger partial charge on any atom is 0.399 e. The highest BCUT2D eigenvalue weighted by atomic mass is 31.2. The number of hydrogen-bond donors (Lipinski definition) is 0. The maximum absolute atomic E-state index is 11.2. The van der Waals surface area contributed by atoms with Crippen molar-refractivity contribution in [2.45, 2.75) is 25.6 Å². The van der Waals surface area contributed by atoms with E-state index >= 15 is 0 Å². The normalized spacial score (nSPS) is 32.4. The zero-order chi connectivity index (χ0) is 12.1. The molecule has 2 heterocycles. The molecule has 2 aliphatic rings. The number of ether oxygens (including phenoxy) is 1. The largest absolute Gasteiger partial charge is 0.463 e. The van der Waals surface area contributed by atoms with Crippen LogP contribution in [0.5, 0.6) is 0 Å². The lowest BCUT2D eigenvalue weighted by Gasteiger charge is -2.22. The molecule has 0 aromatic heterocycles. The Labute approximate surface area is 101 Å². The van der Waals surface area contributed by atoms with Crippen LogP contribution in [0.3, 0.4) is 0 Å². The molecule has 0 aromatic carbocycles. The smallest absolute Gasteiger partial charge is 0.399 e. The summed E-state index contributed by atoms with van der Waals surface area (Å²) < 4.78 is 21.3. The van der Waals surface area contributed by atoms with E-state index in [0.29, 0.717) is 19.6 Å². The van der Waals surface area contributed by atoms with E-state index in [2.05, 4.69) is 0 Å². The van der Waals surface area contributed by atoms with Crippen LogP contribution >= 0.6 is 8.60 Å². The Morgan fingerprint density at radius 2 is 2.47 bits per heavy atom. The second-order valence-electron chi connectivity index (χ2n) is 3.65. The highest BCUT2D eigenvalue weighted by Crippen LogP contribution is 2.48. The van der Waals surface area contributed by atoms with Gasteiger partial charge in [-0.3, -0.25) is 0 Å². The number of esters is 1. The Kier molecular flexibility index (Phi) is 4.68. The fraction of sp³-hybridized carbons (Fsp3) is 0.545. The first-order valence-corrected chi connectivity index (χ1v) is 6.85. The van der Waals surface area contributed by atoms with Crippen LogP contribution in [-0.2, 0) is 23.1 Å². The summed E-state index contributed by atoms with van der Waals surface area (Å²) in [7, 11) is -1.66. The summed E-state index contributed by atoms with van der Waals surface area (Å²) >= 11 is 0. The van der Waals surface area contributed by atoms with Crippen LogP contribution in [0.4, 0.5) is 0 Å². The molecule has 3 atom stereocenters. The molecular weight excluding hydrogens is 243 g/mol. The fourth-order valence-corrected chi connectivity index (χ4v) is 2.87. The van der Waals surface area contributed by atoms with Gasteiger partial charge in [-0.25, -0.2) is 4.79 Å². The maximum atomic E-state index is 11.2. The summed E-state index contributed by atoms with van der Waals surface area (Å²) in [6, 6.07) is 0. The van der Waals surface area contributed by atoms with E-state index < -0.39 is 8.60 Å². The monoisotopic (exact) mass is 259 g/mol.